The lowest BCUT2D eigenvalue weighted by atomic mass is 10.0. The van der Waals surface area contributed by atoms with E-state index in [9.17, 15) is 4.79 Å². The molecule has 0 atom stereocenters. The highest BCUT2D eigenvalue weighted by atomic mass is 35.5. The molecular formula is C18H29ClO2. The molecule has 0 spiro atoms. The summed E-state index contributed by atoms with van der Waals surface area (Å²) in [6.45, 7) is 2.06. The molecule has 0 aliphatic heterocycles. The number of hydrogen-bond acceptors (Lipinski definition) is 2. The molecule has 0 aromatic heterocycles. The van der Waals surface area contributed by atoms with Gasteiger partial charge < -0.3 is 4.74 Å². The summed E-state index contributed by atoms with van der Waals surface area (Å²) in [5, 5.41) is 0. The van der Waals surface area contributed by atoms with E-state index < -0.39 is 0 Å². The van der Waals surface area contributed by atoms with Crippen LogP contribution < -0.4 is 0 Å². The Balaban J connectivity index is 0.00000400. The highest BCUT2D eigenvalue weighted by Gasteiger charge is 1.95. The Bertz CT molecular complexity index is 351. The molecule has 1 aromatic carbocycles. The fourth-order valence-corrected chi connectivity index (χ4v) is 2.35. The van der Waals surface area contributed by atoms with E-state index in [0.29, 0.717) is 6.61 Å². The Kier molecular flexibility index (Phi) is 13.3. The maximum atomic E-state index is 10.6. The van der Waals surface area contributed by atoms with E-state index in [1.165, 1.54) is 63.9 Å². The van der Waals surface area contributed by atoms with Gasteiger partial charge in [-0.15, -0.1) is 12.4 Å². The highest BCUT2D eigenvalue weighted by Crippen LogP contribution is 2.11. The zero-order chi connectivity index (χ0) is 14.5. The van der Waals surface area contributed by atoms with Crippen molar-refractivity contribution >= 4 is 18.4 Å². The number of ether oxygens (including phenoxy) is 1. The molecule has 2 nitrogen and oxygen atoms in total. The molecule has 0 aliphatic carbocycles. The number of carbonyl (C=O) groups is 1. The summed E-state index contributed by atoms with van der Waals surface area (Å²) in [5.74, 6) is -0.164. The topological polar surface area (TPSA) is 26.3 Å². The Morgan fingerprint density at radius 3 is 1.95 bits per heavy atom. The Labute approximate surface area is 135 Å². The van der Waals surface area contributed by atoms with Gasteiger partial charge in [-0.2, -0.15) is 0 Å². The molecule has 3 heteroatoms. The SMILES string of the molecule is CC(=O)OCCCCCCCCCCc1ccccc1.Cl. The van der Waals surface area contributed by atoms with Crippen LogP contribution in [-0.2, 0) is 16.0 Å². The molecule has 0 saturated carbocycles. The Hall–Kier alpha value is -1.02. The molecular weight excluding hydrogens is 284 g/mol. The summed E-state index contributed by atoms with van der Waals surface area (Å²) in [7, 11) is 0. The molecule has 0 fully saturated rings. The van der Waals surface area contributed by atoms with E-state index in [-0.39, 0.29) is 18.4 Å². The predicted molar refractivity (Wildman–Crippen MR) is 91.0 cm³/mol. The number of halogens is 1. The summed E-state index contributed by atoms with van der Waals surface area (Å²) < 4.78 is 4.90. The van der Waals surface area contributed by atoms with E-state index in [0.717, 1.165) is 6.42 Å². The minimum atomic E-state index is -0.164. The van der Waals surface area contributed by atoms with Gasteiger partial charge in [0.25, 0.3) is 0 Å². The number of unbranched alkanes of at least 4 members (excludes halogenated alkanes) is 7. The van der Waals surface area contributed by atoms with Crippen LogP contribution in [0.15, 0.2) is 30.3 Å². The van der Waals surface area contributed by atoms with Crippen molar-refractivity contribution in [1.82, 2.24) is 0 Å². The smallest absolute Gasteiger partial charge is 0.302 e. The maximum Gasteiger partial charge on any atom is 0.302 e. The molecule has 0 heterocycles. The first-order valence-corrected chi connectivity index (χ1v) is 7.96. The third kappa shape index (κ3) is 12.4. The minimum absolute atomic E-state index is 0. The number of benzene rings is 1. The molecule has 0 unspecified atom stereocenters. The fourth-order valence-electron chi connectivity index (χ4n) is 2.35. The average Bonchev–Trinajstić information content (AvgIpc) is 2.45. The van der Waals surface area contributed by atoms with Crippen LogP contribution in [0, 0.1) is 0 Å². The lowest BCUT2D eigenvalue weighted by Gasteiger charge is -2.03. The Morgan fingerprint density at radius 2 is 1.38 bits per heavy atom. The molecule has 1 aromatic rings. The van der Waals surface area contributed by atoms with Crippen molar-refractivity contribution in [3.05, 3.63) is 35.9 Å². The van der Waals surface area contributed by atoms with Crippen molar-refractivity contribution in [2.75, 3.05) is 6.61 Å². The molecule has 1 rings (SSSR count). The van der Waals surface area contributed by atoms with Gasteiger partial charge in [0.2, 0.25) is 0 Å². The molecule has 21 heavy (non-hydrogen) atoms. The van der Waals surface area contributed by atoms with Gasteiger partial charge in [0, 0.05) is 6.92 Å². The third-order valence-electron chi connectivity index (χ3n) is 3.51. The first-order valence-electron chi connectivity index (χ1n) is 7.96. The second kappa shape index (κ2) is 13.9. The van der Waals surface area contributed by atoms with Gasteiger partial charge in [-0.3, -0.25) is 4.79 Å². The molecule has 0 N–H and O–H groups in total. The molecule has 120 valence electrons. The van der Waals surface area contributed by atoms with Crippen LogP contribution in [0.25, 0.3) is 0 Å². The lowest BCUT2D eigenvalue weighted by molar-refractivity contribution is -0.141. The van der Waals surface area contributed by atoms with Crippen molar-refractivity contribution in [2.24, 2.45) is 0 Å². The van der Waals surface area contributed by atoms with Crippen LogP contribution in [0.4, 0.5) is 0 Å². The van der Waals surface area contributed by atoms with Crippen LogP contribution in [0.3, 0.4) is 0 Å². The molecule has 0 radical (unpaired) electrons. The van der Waals surface area contributed by atoms with Gasteiger partial charge in [-0.1, -0.05) is 68.9 Å². The first-order chi connectivity index (χ1) is 9.79. The van der Waals surface area contributed by atoms with Crippen molar-refractivity contribution in [1.29, 1.82) is 0 Å². The van der Waals surface area contributed by atoms with Gasteiger partial charge in [0.15, 0.2) is 0 Å². The maximum absolute atomic E-state index is 10.6. The Morgan fingerprint density at radius 1 is 0.857 bits per heavy atom. The third-order valence-corrected chi connectivity index (χ3v) is 3.51. The number of esters is 1. The largest absolute Gasteiger partial charge is 0.466 e. The van der Waals surface area contributed by atoms with E-state index in [1.54, 1.807) is 0 Å². The summed E-state index contributed by atoms with van der Waals surface area (Å²) in [6.07, 6.45) is 11.3. The van der Waals surface area contributed by atoms with Gasteiger partial charge in [-0.05, 0) is 24.8 Å². The van der Waals surface area contributed by atoms with Crippen molar-refractivity contribution in [2.45, 2.75) is 64.7 Å². The van der Waals surface area contributed by atoms with Crippen LogP contribution in [0.5, 0.6) is 0 Å². The zero-order valence-corrected chi connectivity index (χ0v) is 14.0. The zero-order valence-electron chi connectivity index (χ0n) is 13.2. The fraction of sp³-hybridized carbons (Fsp3) is 0.611. The van der Waals surface area contributed by atoms with Crippen molar-refractivity contribution in [3.8, 4) is 0 Å². The van der Waals surface area contributed by atoms with Crippen LogP contribution in [0.1, 0.15) is 63.9 Å². The number of aryl methyl sites for hydroxylation is 1. The van der Waals surface area contributed by atoms with E-state index in [4.69, 9.17) is 4.74 Å². The standard InChI is InChI=1S/C18H28O2.ClH/c1-17(19)20-16-12-7-5-3-2-4-6-9-13-18-14-10-8-11-15-18;/h8,10-11,14-15H,2-7,9,12-13,16H2,1H3;1H. The monoisotopic (exact) mass is 312 g/mol. The average molecular weight is 313 g/mol. The summed E-state index contributed by atoms with van der Waals surface area (Å²) >= 11 is 0. The molecule has 0 bridgehead atoms. The van der Waals surface area contributed by atoms with Crippen LogP contribution in [0.2, 0.25) is 0 Å². The van der Waals surface area contributed by atoms with Gasteiger partial charge >= 0.3 is 5.97 Å². The van der Waals surface area contributed by atoms with Gasteiger partial charge in [0.1, 0.15) is 0 Å². The van der Waals surface area contributed by atoms with Crippen molar-refractivity contribution in [3.63, 3.8) is 0 Å². The van der Waals surface area contributed by atoms with Gasteiger partial charge in [0.05, 0.1) is 6.61 Å². The normalized spacial score (nSPS) is 9.95. The molecule has 0 amide bonds. The van der Waals surface area contributed by atoms with E-state index >= 15 is 0 Å². The minimum Gasteiger partial charge on any atom is -0.466 e. The summed E-state index contributed by atoms with van der Waals surface area (Å²) in [6, 6.07) is 10.7. The molecule has 0 saturated heterocycles. The molecule has 0 aliphatic rings. The van der Waals surface area contributed by atoms with Crippen LogP contribution >= 0.6 is 12.4 Å². The number of hydrogen-bond donors (Lipinski definition) is 0. The quantitative estimate of drug-likeness (QED) is 0.407. The van der Waals surface area contributed by atoms with E-state index in [1.807, 2.05) is 0 Å². The summed E-state index contributed by atoms with van der Waals surface area (Å²) in [5.41, 5.74) is 1.46. The lowest BCUT2D eigenvalue weighted by Crippen LogP contribution is -2.00. The van der Waals surface area contributed by atoms with Crippen molar-refractivity contribution < 1.29 is 9.53 Å². The summed E-state index contributed by atoms with van der Waals surface area (Å²) in [4.78, 5) is 10.6. The second-order valence-electron chi connectivity index (χ2n) is 5.40. The first kappa shape index (κ1) is 20.0. The van der Waals surface area contributed by atoms with Gasteiger partial charge in [-0.25, -0.2) is 0 Å². The van der Waals surface area contributed by atoms with E-state index in [2.05, 4.69) is 30.3 Å². The predicted octanol–water partition coefficient (Wildman–Crippen LogP) is 5.33. The highest BCUT2D eigenvalue weighted by molar-refractivity contribution is 5.85. The number of carbonyl (C=O) groups excluding carboxylic acids is 1. The van der Waals surface area contributed by atoms with Crippen LogP contribution in [-0.4, -0.2) is 12.6 Å². The second-order valence-corrected chi connectivity index (χ2v) is 5.40. The number of rotatable bonds is 11.